The quantitative estimate of drug-likeness (QED) is 0.767. The van der Waals surface area contributed by atoms with Crippen molar-refractivity contribution in [3.63, 3.8) is 0 Å². The lowest BCUT2D eigenvalue weighted by Crippen LogP contribution is -2.16. The van der Waals surface area contributed by atoms with Gasteiger partial charge in [-0.15, -0.1) is 0 Å². The van der Waals surface area contributed by atoms with Gasteiger partial charge in [-0.05, 0) is 19.1 Å². The van der Waals surface area contributed by atoms with Gasteiger partial charge in [0.1, 0.15) is 11.0 Å². The summed E-state index contributed by atoms with van der Waals surface area (Å²) in [7, 11) is -1.21. The molecule has 4 heteroatoms. The van der Waals surface area contributed by atoms with Gasteiger partial charge in [0.05, 0.1) is 4.90 Å². The van der Waals surface area contributed by atoms with Gasteiger partial charge in [0, 0.05) is 12.1 Å². The number of hydrogen-bond donors (Lipinski definition) is 1. The summed E-state index contributed by atoms with van der Waals surface area (Å²) in [6, 6.07) is 6.85. The summed E-state index contributed by atoms with van der Waals surface area (Å²) in [5, 5.41) is 0. The van der Waals surface area contributed by atoms with Gasteiger partial charge in [-0.2, -0.15) is 0 Å². The first-order valence-electron chi connectivity index (χ1n) is 4.41. The van der Waals surface area contributed by atoms with Gasteiger partial charge in [-0.1, -0.05) is 19.1 Å². The number of Topliss-reactive ketones (excluding diaryl/α,β-unsaturated/α-hetero) is 1. The summed E-state index contributed by atoms with van der Waals surface area (Å²) in [5.74, 6) is -0.0136. The summed E-state index contributed by atoms with van der Waals surface area (Å²) in [6.07, 6.45) is 0. The molecule has 1 unspecified atom stereocenters. The van der Waals surface area contributed by atoms with Crippen molar-refractivity contribution in [1.82, 2.24) is 4.72 Å². The number of carbonyl (C=O) groups is 1. The minimum Gasteiger partial charge on any atom is -0.295 e. The highest BCUT2D eigenvalue weighted by atomic mass is 32.2. The molecule has 0 amide bonds. The van der Waals surface area contributed by atoms with Crippen LogP contribution in [0, 0.1) is 0 Å². The molecular weight excluding hydrogens is 198 g/mol. The van der Waals surface area contributed by atoms with Crippen LogP contribution in [0.5, 0.6) is 0 Å². The molecule has 0 saturated heterocycles. The summed E-state index contributed by atoms with van der Waals surface area (Å²) in [4.78, 5) is 11.7. The van der Waals surface area contributed by atoms with E-state index >= 15 is 0 Å². The fraction of sp³-hybridized carbons (Fsp3) is 0.300. The first kappa shape index (κ1) is 11.1. The molecule has 0 aliphatic carbocycles. The predicted octanol–water partition coefficient (Wildman–Crippen LogP) is 1.52. The highest BCUT2D eigenvalue weighted by Gasteiger charge is 2.04. The van der Waals surface area contributed by atoms with Crippen LogP contribution in [-0.2, 0) is 11.0 Å². The zero-order chi connectivity index (χ0) is 10.6. The minimum atomic E-state index is -1.21. The van der Waals surface area contributed by atoms with Gasteiger partial charge in [-0.3, -0.25) is 4.79 Å². The predicted molar refractivity (Wildman–Crippen MR) is 56.5 cm³/mol. The second kappa shape index (κ2) is 5.02. The maximum atomic E-state index is 11.5. The molecule has 14 heavy (non-hydrogen) atoms. The zero-order valence-electron chi connectivity index (χ0n) is 8.24. The average Bonchev–Trinajstić information content (AvgIpc) is 2.18. The number of nitrogens with one attached hydrogen (secondary N) is 1. The molecule has 3 nitrogen and oxygen atoms in total. The molecule has 1 rings (SSSR count). The second-order valence-corrected chi connectivity index (χ2v) is 4.15. The van der Waals surface area contributed by atoms with Gasteiger partial charge < -0.3 is 0 Å². The third kappa shape index (κ3) is 2.75. The third-order valence-electron chi connectivity index (χ3n) is 1.73. The maximum absolute atomic E-state index is 11.5. The Hall–Kier alpha value is -1.00. The molecule has 0 saturated carbocycles. The van der Waals surface area contributed by atoms with E-state index in [4.69, 9.17) is 0 Å². The SMILES string of the molecule is CCNS(=O)c1cccc(C(C)=O)c1. The lowest BCUT2D eigenvalue weighted by atomic mass is 10.2. The van der Waals surface area contributed by atoms with Crippen molar-refractivity contribution >= 4 is 16.8 Å². The Labute approximate surface area is 86.1 Å². The number of carbonyl (C=O) groups excluding carboxylic acids is 1. The molecule has 0 aliphatic heterocycles. The lowest BCUT2D eigenvalue weighted by Gasteiger charge is -2.02. The fourth-order valence-electron chi connectivity index (χ4n) is 1.04. The molecule has 1 aromatic carbocycles. The van der Waals surface area contributed by atoms with E-state index in [0.717, 1.165) is 0 Å². The minimum absolute atomic E-state index is 0.0136. The normalized spacial score (nSPS) is 12.4. The van der Waals surface area contributed by atoms with Crippen LogP contribution in [0.2, 0.25) is 0 Å². The second-order valence-electron chi connectivity index (χ2n) is 2.85. The van der Waals surface area contributed by atoms with Crippen molar-refractivity contribution in [3.05, 3.63) is 29.8 Å². The van der Waals surface area contributed by atoms with Gasteiger partial charge in [0.2, 0.25) is 0 Å². The Morgan fingerprint density at radius 1 is 1.50 bits per heavy atom. The molecule has 1 N–H and O–H groups in total. The van der Waals surface area contributed by atoms with Crippen LogP contribution >= 0.6 is 0 Å². The summed E-state index contributed by atoms with van der Waals surface area (Å²) < 4.78 is 14.3. The topological polar surface area (TPSA) is 46.2 Å². The largest absolute Gasteiger partial charge is 0.295 e. The van der Waals surface area contributed by atoms with E-state index in [2.05, 4.69) is 4.72 Å². The Kier molecular flexibility index (Phi) is 3.98. The van der Waals surface area contributed by atoms with E-state index in [1.807, 2.05) is 6.92 Å². The highest BCUT2D eigenvalue weighted by molar-refractivity contribution is 7.83. The van der Waals surface area contributed by atoms with E-state index in [1.54, 1.807) is 24.3 Å². The van der Waals surface area contributed by atoms with E-state index in [1.165, 1.54) is 6.92 Å². The van der Waals surface area contributed by atoms with Crippen LogP contribution in [-0.4, -0.2) is 16.5 Å². The molecule has 0 spiro atoms. The standard InChI is InChI=1S/C10H13NO2S/c1-3-11-14(13)10-6-4-5-9(7-10)8(2)12/h4-7,11H,3H2,1-2H3. The van der Waals surface area contributed by atoms with Crippen LogP contribution in [0.3, 0.4) is 0 Å². The van der Waals surface area contributed by atoms with E-state index in [9.17, 15) is 9.00 Å². The number of rotatable bonds is 4. The average molecular weight is 211 g/mol. The van der Waals surface area contributed by atoms with E-state index < -0.39 is 11.0 Å². The molecule has 0 aromatic heterocycles. The lowest BCUT2D eigenvalue weighted by molar-refractivity contribution is 0.101. The van der Waals surface area contributed by atoms with Crippen LogP contribution in [0.15, 0.2) is 29.2 Å². The van der Waals surface area contributed by atoms with E-state index in [-0.39, 0.29) is 5.78 Å². The summed E-state index contributed by atoms with van der Waals surface area (Å²) in [6.45, 7) is 4.01. The summed E-state index contributed by atoms with van der Waals surface area (Å²) >= 11 is 0. The number of benzene rings is 1. The molecule has 0 heterocycles. The van der Waals surface area contributed by atoms with Crippen molar-refractivity contribution in [3.8, 4) is 0 Å². The molecule has 0 aliphatic rings. The molecule has 0 bridgehead atoms. The van der Waals surface area contributed by atoms with Crippen LogP contribution < -0.4 is 4.72 Å². The van der Waals surface area contributed by atoms with Crippen molar-refractivity contribution in [2.24, 2.45) is 0 Å². The zero-order valence-corrected chi connectivity index (χ0v) is 9.06. The maximum Gasteiger partial charge on any atom is 0.159 e. The first-order chi connectivity index (χ1) is 6.65. The van der Waals surface area contributed by atoms with Crippen LogP contribution in [0.4, 0.5) is 0 Å². The van der Waals surface area contributed by atoms with E-state index in [0.29, 0.717) is 17.0 Å². The van der Waals surface area contributed by atoms with Crippen molar-refractivity contribution in [2.45, 2.75) is 18.7 Å². The van der Waals surface area contributed by atoms with Crippen LogP contribution in [0.25, 0.3) is 0 Å². The molecule has 0 fully saturated rings. The molecule has 0 radical (unpaired) electrons. The Balaban J connectivity index is 2.93. The molecule has 1 atom stereocenters. The van der Waals surface area contributed by atoms with Gasteiger partial charge in [0.15, 0.2) is 5.78 Å². The molecule has 76 valence electrons. The van der Waals surface area contributed by atoms with Crippen molar-refractivity contribution in [2.75, 3.05) is 6.54 Å². The van der Waals surface area contributed by atoms with Crippen molar-refractivity contribution in [1.29, 1.82) is 0 Å². The molecular formula is C10H13NO2S. The third-order valence-corrected chi connectivity index (χ3v) is 2.96. The van der Waals surface area contributed by atoms with Gasteiger partial charge in [-0.25, -0.2) is 8.93 Å². The number of ketones is 1. The van der Waals surface area contributed by atoms with Gasteiger partial charge >= 0.3 is 0 Å². The van der Waals surface area contributed by atoms with Crippen LogP contribution in [0.1, 0.15) is 24.2 Å². The number of hydrogen-bond acceptors (Lipinski definition) is 2. The van der Waals surface area contributed by atoms with Gasteiger partial charge in [0.25, 0.3) is 0 Å². The molecule has 1 aromatic rings. The Bertz CT molecular complexity index is 363. The Morgan fingerprint density at radius 2 is 2.21 bits per heavy atom. The summed E-state index contributed by atoms with van der Waals surface area (Å²) in [5.41, 5.74) is 0.591. The Morgan fingerprint density at radius 3 is 2.79 bits per heavy atom. The fourth-order valence-corrected chi connectivity index (χ4v) is 1.91. The first-order valence-corrected chi connectivity index (χ1v) is 5.56. The van der Waals surface area contributed by atoms with Crippen molar-refractivity contribution < 1.29 is 9.00 Å². The highest BCUT2D eigenvalue weighted by Crippen LogP contribution is 2.08. The smallest absolute Gasteiger partial charge is 0.159 e. The monoisotopic (exact) mass is 211 g/mol.